The lowest BCUT2D eigenvalue weighted by Gasteiger charge is -2.13. The third-order valence-corrected chi connectivity index (χ3v) is 4.83. The van der Waals surface area contributed by atoms with Gasteiger partial charge in [0.05, 0.1) is 4.90 Å². The maximum absolute atomic E-state index is 12.0. The van der Waals surface area contributed by atoms with Crippen LogP contribution in [0.3, 0.4) is 0 Å². The highest BCUT2D eigenvalue weighted by atomic mass is 127. The zero-order valence-electron chi connectivity index (χ0n) is 10.5. The average molecular weight is 397 g/mol. The first kappa shape index (κ1) is 16.4. The molecule has 0 aliphatic rings. The van der Waals surface area contributed by atoms with Crippen LogP contribution in [0.15, 0.2) is 29.2 Å². The Morgan fingerprint density at radius 3 is 2.47 bits per heavy atom. The number of carboxylic acids is 1. The molecule has 0 heterocycles. The summed E-state index contributed by atoms with van der Waals surface area (Å²) in [5.74, 6) is -0.868. The van der Waals surface area contributed by atoms with Gasteiger partial charge in [-0.05, 0) is 66.6 Å². The Bertz CT molecular complexity index is 527. The van der Waals surface area contributed by atoms with E-state index in [9.17, 15) is 13.2 Å². The number of rotatable bonds is 7. The highest BCUT2D eigenvalue weighted by Crippen LogP contribution is 2.13. The fraction of sp³-hybridized carbons (Fsp3) is 0.417. The third kappa shape index (κ3) is 5.87. The molecule has 0 spiro atoms. The molecule has 0 radical (unpaired) electrons. The summed E-state index contributed by atoms with van der Waals surface area (Å²) in [5.41, 5.74) is 0. The van der Waals surface area contributed by atoms with Crippen molar-refractivity contribution >= 4 is 38.6 Å². The zero-order chi connectivity index (χ0) is 14.5. The van der Waals surface area contributed by atoms with E-state index < -0.39 is 16.0 Å². The number of hydrogen-bond donors (Lipinski definition) is 2. The molecule has 0 aliphatic carbocycles. The van der Waals surface area contributed by atoms with E-state index in [2.05, 4.69) is 27.3 Å². The minimum absolute atomic E-state index is 0.0512. The van der Waals surface area contributed by atoms with Gasteiger partial charge in [0.2, 0.25) is 10.0 Å². The second kappa shape index (κ2) is 7.20. The molecule has 0 saturated carbocycles. The van der Waals surface area contributed by atoms with Crippen LogP contribution < -0.4 is 4.72 Å². The van der Waals surface area contributed by atoms with Gasteiger partial charge in [-0.1, -0.05) is 0 Å². The lowest BCUT2D eigenvalue weighted by atomic mass is 10.1. The van der Waals surface area contributed by atoms with Crippen molar-refractivity contribution in [3.63, 3.8) is 0 Å². The molecule has 1 aromatic carbocycles. The van der Waals surface area contributed by atoms with Gasteiger partial charge in [-0.25, -0.2) is 13.1 Å². The molecule has 19 heavy (non-hydrogen) atoms. The molecule has 5 nitrogen and oxygen atoms in total. The van der Waals surface area contributed by atoms with Gasteiger partial charge >= 0.3 is 5.97 Å². The number of hydrogen-bond acceptors (Lipinski definition) is 3. The monoisotopic (exact) mass is 397 g/mol. The summed E-state index contributed by atoms with van der Waals surface area (Å²) in [7, 11) is -3.53. The van der Waals surface area contributed by atoms with Crippen molar-refractivity contribution < 1.29 is 18.3 Å². The molecule has 2 N–H and O–H groups in total. The molecule has 0 fully saturated rings. The lowest BCUT2D eigenvalue weighted by molar-refractivity contribution is -0.137. The van der Waals surface area contributed by atoms with Crippen molar-refractivity contribution in [2.75, 3.05) is 0 Å². The Labute approximate surface area is 126 Å². The Morgan fingerprint density at radius 2 is 1.95 bits per heavy atom. The van der Waals surface area contributed by atoms with Gasteiger partial charge in [0, 0.05) is 16.0 Å². The Kier molecular flexibility index (Phi) is 6.21. The number of carbonyl (C=O) groups is 1. The van der Waals surface area contributed by atoms with Crippen LogP contribution in [0.4, 0.5) is 0 Å². The highest BCUT2D eigenvalue weighted by molar-refractivity contribution is 14.1. The molecule has 106 valence electrons. The Balaban J connectivity index is 2.59. The second-order valence-electron chi connectivity index (χ2n) is 4.26. The quantitative estimate of drug-likeness (QED) is 0.692. The van der Waals surface area contributed by atoms with Crippen molar-refractivity contribution in [3.8, 4) is 0 Å². The smallest absolute Gasteiger partial charge is 0.303 e. The molecular formula is C12H16INO4S. The fourth-order valence-electron chi connectivity index (χ4n) is 1.57. The summed E-state index contributed by atoms with van der Waals surface area (Å²) in [6.07, 6.45) is 0.997. The summed E-state index contributed by atoms with van der Waals surface area (Å²) in [6, 6.07) is 6.26. The summed E-state index contributed by atoms with van der Waals surface area (Å²) < 4.78 is 27.5. The Hall–Kier alpha value is -0.670. The van der Waals surface area contributed by atoms with E-state index in [0.717, 1.165) is 3.57 Å². The number of sulfonamides is 1. The van der Waals surface area contributed by atoms with E-state index >= 15 is 0 Å². The number of halogens is 1. The van der Waals surface area contributed by atoms with Crippen molar-refractivity contribution in [3.05, 3.63) is 27.8 Å². The zero-order valence-corrected chi connectivity index (χ0v) is 13.4. The summed E-state index contributed by atoms with van der Waals surface area (Å²) in [4.78, 5) is 10.6. The first-order chi connectivity index (χ1) is 8.81. The lowest BCUT2D eigenvalue weighted by Crippen LogP contribution is -2.32. The van der Waals surface area contributed by atoms with Gasteiger partial charge in [0.25, 0.3) is 0 Å². The van der Waals surface area contributed by atoms with Crippen LogP contribution in [0, 0.1) is 3.57 Å². The normalized spacial score (nSPS) is 13.2. The highest BCUT2D eigenvalue weighted by Gasteiger charge is 2.17. The molecule has 0 amide bonds. The van der Waals surface area contributed by atoms with Crippen LogP contribution in [0.25, 0.3) is 0 Å². The standard InChI is InChI=1S/C12H16INO4S/c1-9(3-2-4-12(15)16)14-19(17,18)11-7-5-10(13)6-8-11/h5-9,14H,2-4H2,1H3,(H,15,16). The number of benzene rings is 1. The van der Waals surface area contributed by atoms with Crippen molar-refractivity contribution in [2.45, 2.75) is 37.1 Å². The molecular weight excluding hydrogens is 381 g/mol. The Morgan fingerprint density at radius 1 is 1.37 bits per heavy atom. The van der Waals surface area contributed by atoms with Crippen LogP contribution >= 0.6 is 22.6 Å². The number of aliphatic carboxylic acids is 1. The molecule has 1 aromatic rings. The molecule has 0 aliphatic heterocycles. The minimum Gasteiger partial charge on any atom is -0.481 e. The first-order valence-electron chi connectivity index (χ1n) is 5.81. The van der Waals surface area contributed by atoms with Crippen LogP contribution in [0.5, 0.6) is 0 Å². The van der Waals surface area contributed by atoms with Gasteiger partial charge < -0.3 is 5.11 Å². The van der Waals surface area contributed by atoms with Crippen molar-refractivity contribution in [2.24, 2.45) is 0 Å². The van der Waals surface area contributed by atoms with Crippen molar-refractivity contribution in [1.82, 2.24) is 4.72 Å². The number of carboxylic acid groups (broad SMARTS) is 1. The van der Waals surface area contributed by atoms with E-state index in [1.807, 2.05) is 0 Å². The topological polar surface area (TPSA) is 83.5 Å². The molecule has 0 aromatic heterocycles. The van der Waals surface area contributed by atoms with E-state index in [0.29, 0.717) is 12.8 Å². The van der Waals surface area contributed by atoms with Gasteiger partial charge in [0.15, 0.2) is 0 Å². The van der Waals surface area contributed by atoms with Crippen LogP contribution in [-0.2, 0) is 14.8 Å². The minimum atomic E-state index is -3.53. The van der Waals surface area contributed by atoms with Crippen molar-refractivity contribution in [1.29, 1.82) is 0 Å². The van der Waals surface area contributed by atoms with Crippen LogP contribution in [0.1, 0.15) is 26.2 Å². The maximum Gasteiger partial charge on any atom is 0.303 e. The third-order valence-electron chi connectivity index (χ3n) is 2.51. The summed E-state index contributed by atoms with van der Waals surface area (Å²) in [5, 5.41) is 8.52. The van der Waals surface area contributed by atoms with Crippen LogP contribution in [0.2, 0.25) is 0 Å². The molecule has 1 rings (SSSR count). The molecule has 1 atom stereocenters. The predicted octanol–water partition coefficient (Wildman–Crippen LogP) is 2.21. The van der Waals surface area contributed by atoms with E-state index in [1.54, 1.807) is 31.2 Å². The molecule has 7 heteroatoms. The van der Waals surface area contributed by atoms with Gasteiger partial charge in [-0.3, -0.25) is 4.79 Å². The van der Waals surface area contributed by atoms with Gasteiger partial charge in [-0.15, -0.1) is 0 Å². The molecule has 0 bridgehead atoms. The first-order valence-corrected chi connectivity index (χ1v) is 8.37. The average Bonchev–Trinajstić information content (AvgIpc) is 2.28. The number of nitrogens with one attached hydrogen (secondary N) is 1. The van der Waals surface area contributed by atoms with Gasteiger partial charge in [0.1, 0.15) is 0 Å². The molecule has 0 saturated heterocycles. The maximum atomic E-state index is 12.0. The van der Waals surface area contributed by atoms with Crippen LogP contribution in [-0.4, -0.2) is 25.5 Å². The second-order valence-corrected chi connectivity index (χ2v) is 7.22. The van der Waals surface area contributed by atoms with E-state index in [-0.39, 0.29) is 17.4 Å². The molecule has 1 unspecified atom stereocenters. The fourth-order valence-corrected chi connectivity index (χ4v) is 3.20. The predicted molar refractivity (Wildman–Crippen MR) is 80.4 cm³/mol. The summed E-state index contributed by atoms with van der Waals surface area (Å²) in [6.45, 7) is 1.73. The van der Waals surface area contributed by atoms with Gasteiger partial charge in [-0.2, -0.15) is 0 Å². The SMILES string of the molecule is CC(CCCC(=O)O)NS(=O)(=O)c1ccc(I)cc1. The largest absolute Gasteiger partial charge is 0.481 e. The summed E-state index contributed by atoms with van der Waals surface area (Å²) >= 11 is 2.10. The van der Waals surface area contributed by atoms with E-state index in [1.165, 1.54) is 0 Å². The van der Waals surface area contributed by atoms with E-state index in [4.69, 9.17) is 5.11 Å².